The van der Waals surface area contributed by atoms with Gasteiger partial charge in [0.15, 0.2) is 0 Å². The lowest BCUT2D eigenvalue weighted by Gasteiger charge is -2.61. The number of carbonyl (C=O) groups is 1. The topological polar surface area (TPSA) is 37.3 Å². The molecule has 138 valence electrons. The van der Waals surface area contributed by atoms with Crippen molar-refractivity contribution in [1.82, 2.24) is 0 Å². The largest absolute Gasteiger partial charge is 0.378 e. The predicted octanol–water partition coefficient (Wildman–Crippen LogP) is 4.60. The zero-order valence-corrected chi connectivity index (χ0v) is 16.2. The third kappa shape index (κ3) is 2.38. The van der Waals surface area contributed by atoms with Gasteiger partial charge in [0, 0.05) is 5.92 Å². The first-order valence-corrected chi connectivity index (χ1v) is 10.4. The quantitative estimate of drug-likeness (QED) is 0.707. The fourth-order valence-corrected chi connectivity index (χ4v) is 8.04. The Morgan fingerprint density at radius 1 is 1.00 bits per heavy atom. The van der Waals surface area contributed by atoms with Crippen LogP contribution >= 0.6 is 0 Å². The molecule has 2 heteroatoms. The molecule has 0 radical (unpaired) electrons. The molecular formula is C23H34O2. The summed E-state index contributed by atoms with van der Waals surface area (Å²) >= 11 is 0. The maximum Gasteiger partial charge on any atom is 0.133 e. The molecule has 0 saturated heterocycles. The van der Waals surface area contributed by atoms with Gasteiger partial charge in [-0.05, 0) is 99.2 Å². The van der Waals surface area contributed by atoms with Crippen molar-refractivity contribution in [3.8, 4) is 12.3 Å². The van der Waals surface area contributed by atoms with Crippen molar-refractivity contribution >= 4 is 5.78 Å². The summed E-state index contributed by atoms with van der Waals surface area (Å²) in [5.74, 6) is 6.23. The molecular weight excluding hydrogens is 308 g/mol. The van der Waals surface area contributed by atoms with Gasteiger partial charge < -0.3 is 5.11 Å². The van der Waals surface area contributed by atoms with Crippen LogP contribution in [0.4, 0.5) is 0 Å². The molecule has 1 N–H and O–H groups in total. The van der Waals surface area contributed by atoms with E-state index in [-0.39, 0.29) is 5.41 Å². The molecule has 4 aliphatic rings. The van der Waals surface area contributed by atoms with E-state index < -0.39 is 5.60 Å². The highest BCUT2D eigenvalue weighted by Crippen LogP contribution is 2.68. The second-order valence-electron chi connectivity index (χ2n) is 10.3. The third-order valence-corrected chi connectivity index (χ3v) is 9.49. The van der Waals surface area contributed by atoms with E-state index in [4.69, 9.17) is 6.42 Å². The van der Waals surface area contributed by atoms with Crippen LogP contribution in [0.15, 0.2) is 0 Å². The smallest absolute Gasteiger partial charge is 0.133 e. The lowest BCUT2D eigenvalue weighted by atomic mass is 9.44. The van der Waals surface area contributed by atoms with Gasteiger partial charge in [0.2, 0.25) is 0 Å². The van der Waals surface area contributed by atoms with Crippen LogP contribution in [0.3, 0.4) is 0 Å². The van der Waals surface area contributed by atoms with Gasteiger partial charge in [0.1, 0.15) is 11.4 Å². The first-order chi connectivity index (χ1) is 11.7. The summed E-state index contributed by atoms with van der Waals surface area (Å²) in [4.78, 5) is 12.2. The van der Waals surface area contributed by atoms with E-state index in [1.54, 1.807) is 0 Å². The average Bonchev–Trinajstić information content (AvgIpc) is 2.93. The van der Waals surface area contributed by atoms with E-state index in [2.05, 4.69) is 19.8 Å². The fraction of sp³-hybridized carbons (Fsp3) is 0.870. The van der Waals surface area contributed by atoms with Crippen molar-refractivity contribution in [2.24, 2.45) is 40.4 Å². The van der Waals surface area contributed by atoms with Crippen LogP contribution in [-0.2, 0) is 4.79 Å². The summed E-state index contributed by atoms with van der Waals surface area (Å²) in [7, 11) is 0. The summed E-state index contributed by atoms with van der Waals surface area (Å²) in [6, 6.07) is 0. The highest BCUT2D eigenvalue weighted by Gasteiger charge is 2.61. The Labute approximate surface area is 153 Å². The second-order valence-corrected chi connectivity index (χ2v) is 10.3. The van der Waals surface area contributed by atoms with E-state index in [0.29, 0.717) is 23.0 Å². The molecule has 4 rings (SSSR count). The SMILES string of the molecule is C#C[C@@]1(O)CC[C@@]2(C)[C@@H](CC[C@@H]3[C@@H]2CC[C@]2(C)[C@@H](C(C)=O)CC[C@@H]32)C1. The standard InChI is InChI=1S/C23H34O2/c1-5-23(25)13-12-21(3)16(14-23)6-7-17-19-9-8-18(15(2)24)22(19,4)11-10-20(17)21/h1,16-20,25H,6-14H2,2-4H3/t16-,17-,18+,19-,20-,21-,22+,23+/m0/s1. The molecule has 0 amide bonds. The first kappa shape index (κ1) is 17.6. The van der Waals surface area contributed by atoms with E-state index in [1.165, 1.54) is 32.1 Å². The fourth-order valence-electron chi connectivity index (χ4n) is 8.04. The van der Waals surface area contributed by atoms with Crippen LogP contribution in [-0.4, -0.2) is 16.5 Å². The minimum atomic E-state index is -0.868. The highest BCUT2D eigenvalue weighted by molar-refractivity contribution is 5.79. The first-order valence-electron chi connectivity index (χ1n) is 10.4. The Morgan fingerprint density at radius 3 is 2.40 bits per heavy atom. The minimum Gasteiger partial charge on any atom is -0.378 e. The van der Waals surface area contributed by atoms with Gasteiger partial charge in [-0.1, -0.05) is 19.8 Å². The summed E-state index contributed by atoms with van der Waals surface area (Å²) in [6.45, 7) is 6.72. The molecule has 0 unspecified atom stereocenters. The Balaban J connectivity index is 1.60. The monoisotopic (exact) mass is 342 g/mol. The van der Waals surface area contributed by atoms with Crippen molar-refractivity contribution < 1.29 is 9.90 Å². The van der Waals surface area contributed by atoms with Gasteiger partial charge in [0.25, 0.3) is 0 Å². The molecule has 0 aromatic heterocycles. The Morgan fingerprint density at radius 2 is 1.72 bits per heavy atom. The molecule has 4 saturated carbocycles. The van der Waals surface area contributed by atoms with Gasteiger partial charge in [-0.15, -0.1) is 6.42 Å². The van der Waals surface area contributed by atoms with Gasteiger partial charge in [-0.2, -0.15) is 0 Å². The number of terminal acetylenes is 1. The summed E-state index contributed by atoms with van der Waals surface area (Å²) in [5.41, 5.74) is -0.292. The molecule has 0 aromatic carbocycles. The van der Waals surface area contributed by atoms with Gasteiger partial charge in [-0.3, -0.25) is 4.79 Å². The van der Waals surface area contributed by atoms with E-state index in [1.807, 2.05) is 6.92 Å². The number of carbonyl (C=O) groups excluding carboxylic acids is 1. The molecule has 0 heterocycles. The lowest BCUT2D eigenvalue weighted by Crippen LogP contribution is -2.55. The molecule has 8 atom stereocenters. The number of aliphatic hydroxyl groups is 1. The molecule has 0 aromatic rings. The zero-order chi connectivity index (χ0) is 18.0. The Hall–Kier alpha value is -0.810. The van der Waals surface area contributed by atoms with Crippen LogP contribution in [0.25, 0.3) is 0 Å². The Bertz CT molecular complexity index is 618. The summed E-state index contributed by atoms with van der Waals surface area (Å²) in [6.07, 6.45) is 15.6. The van der Waals surface area contributed by atoms with Gasteiger partial charge >= 0.3 is 0 Å². The average molecular weight is 343 g/mol. The van der Waals surface area contributed by atoms with E-state index in [0.717, 1.165) is 43.4 Å². The number of hydrogen-bond donors (Lipinski definition) is 1. The van der Waals surface area contributed by atoms with Crippen molar-refractivity contribution in [2.45, 2.75) is 84.2 Å². The highest BCUT2D eigenvalue weighted by atomic mass is 16.3. The number of ketones is 1. The third-order valence-electron chi connectivity index (χ3n) is 9.49. The zero-order valence-electron chi connectivity index (χ0n) is 16.2. The number of rotatable bonds is 1. The molecule has 0 spiro atoms. The van der Waals surface area contributed by atoms with Crippen LogP contribution < -0.4 is 0 Å². The molecule has 0 aliphatic heterocycles. The second kappa shape index (κ2) is 5.59. The van der Waals surface area contributed by atoms with Crippen molar-refractivity contribution in [3.05, 3.63) is 0 Å². The predicted molar refractivity (Wildman–Crippen MR) is 99.7 cm³/mol. The summed E-state index contributed by atoms with van der Waals surface area (Å²) in [5, 5.41) is 10.6. The van der Waals surface area contributed by atoms with E-state index >= 15 is 0 Å². The lowest BCUT2D eigenvalue weighted by molar-refractivity contribution is -0.144. The van der Waals surface area contributed by atoms with Crippen LogP contribution in [0.5, 0.6) is 0 Å². The number of Topliss-reactive ketones (excluding diaryl/α,β-unsaturated/α-hetero) is 1. The molecule has 4 fully saturated rings. The minimum absolute atomic E-state index is 0.240. The molecule has 0 bridgehead atoms. The molecule has 4 aliphatic carbocycles. The number of hydrogen-bond acceptors (Lipinski definition) is 2. The Kier molecular flexibility index (Phi) is 3.94. The maximum atomic E-state index is 12.2. The molecule has 2 nitrogen and oxygen atoms in total. The normalized spacial score (nSPS) is 54.8. The van der Waals surface area contributed by atoms with Crippen LogP contribution in [0.1, 0.15) is 78.6 Å². The maximum absolute atomic E-state index is 12.2. The van der Waals surface area contributed by atoms with Crippen molar-refractivity contribution in [1.29, 1.82) is 0 Å². The van der Waals surface area contributed by atoms with Crippen LogP contribution in [0.2, 0.25) is 0 Å². The molecule has 25 heavy (non-hydrogen) atoms. The van der Waals surface area contributed by atoms with Crippen molar-refractivity contribution in [3.63, 3.8) is 0 Å². The number of fused-ring (bicyclic) bond motifs is 5. The summed E-state index contributed by atoms with van der Waals surface area (Å²) < 4.78 is 0. The van der Waals surface area contributed by atoms with E-state index in [9.17, 15) is 9.90 Å². The van der Waals surface area contributed by atoms with Crippen molar-refractivity contribution in [2.75, 3.05) is 0 Å². The van der Waals surface area contributed by atoms with Gasteiger partial charge in [-0.25, -0.2) is 0 Å². The van der Waals surface area contributed by atoms with Gasteiger partial charge in [0.05, 0.1) is 0 Å². The van der Waals surface area contributed by atoms with Crippen LogP contribution in [0, 0.1) is 52.8 Å².